The molecular weight excluding hydrogens is 368 g/mol. The first-order chi connectivity index (χ1) is 13.3. The molecule has 2 atom stereocenters. The molecule has 2 fully saturated rings. The number of amides is 2. The van der Waals surface area contributed by atoms with Crippen molar-refractivity contribution < 1.29 is 27.7 Å². The van der Waals surface area contributed by atoms with Gasteiger partial charge in [0.1, 0.15) is 5.75 Å². The van der Waals surface area contributed by atoms with Gasteiger partial charge in [0, 0.05) is 19.4 Å². The van der Waals surface area contributed by atoms with E-state index in [0.29, 0.717) is 24.4 Å². The predicted molar refractivity (Wildman–Crippen MR) is 96.4 cm³/mol. The van der Waals surface area contributed by atoms with Gasteiger partial charge in [0.25, 0.3) is 5.92 Å². The van der Waals surface area contributed by atoms with Crippen molar-refractivity contribution in [2.75, 3.05) is 19.6 Å². The summed E-state index contributed by atoms with van der Waals surface area (Å²) in [5.74, 6) is -3.29. The number of carbonyl (C=O) groups is 2. The largest absolute Gasteiger partial charge is 0.415 e. The van der Waals surface area contributed by atoms with Gasteiger partial charge in [0.15, 0.2) is 12.8 Å². The summed E-state index contributed by atoms with van der Waals surface area (Å²) in [7, 11) is 0. The van der Waals surface area contributed by atoms with Crippen molar-refractivity contribution in [2.24, 2.45) is 11.8 Å². The Labute approximate surface area is 162 Å². The van der Waals surface area contributed by atoms with Crippen LogP contribution in [0.5, 0.6) is 5.75 Å². The van der Waals surface area contributed by atoms with Gasteiger partial charge in [-0.15, -0.1) is 0 Å². The van der Waals surface area contributed by atoms with Crippen molar-refractivity contribution in [3.63, 3.8) is 0 Å². The molecule has 3 rings (SSSR count). The number of nitriles is 1. The highest BCUT2D eigenvalue weighted by Gasteiger charge is 2.44. The second-order valence-corrected chi connectivity index (χ2v) is 7.54. The number of hydrogen-bond donors (Lipinski definition) is 0. The van der Waals surface area contributed by atoms with Crippen molar-refractivity contribution >= 4 is 18.2 Å². The summed E-state index contributed by atoms with van der Waals surface area (Å²) in [6.45, 7) is 1.84. The lowest BCUT2D eigenvalue weighted by Crippen LogP contribution is -2.51. The Kier molecular flexibility index (Phi) is 5.73. The van der Waals surface area contributed by atoms with Gasteiger partial charge in [-0.3, -0.25) is 0 Å². The molecule has 0 bridgehead atoms. The molecule has 0 spiro atoms. The van der Waals surface area contributed by atoms with Crippen molar-refractivity contribution in [3.8, 4) is 11.8 Å². The fourth-order valence-corrected chi connectivity index (χ4v) is 3.56. The van der Waals surface area contributed by atoms with E-state index in [2.05, 4.69) is 0 Å². The summed E-state index contributed by atoms with van der Waals surface area (Å²) < 4.78 is 35.1. The Balaban J connectivity index is 1.70. The van der Waals surface area contributed by atoms with Crippen LogP contribution in [0.4, 0.5) is 13.6 Å². The minimum Gasteiger partial charge on any atom is -0.410 e. The van der Waals surface area contributed by atoms with E-state index in [1.165, 1.54) is 28.8 Å². The van der Waals surface area contributed by atoms with Crippen LogP contribution in [-0.4, -0.2) is 53.2 Å². The lowest BCUT2D eigenvalue weighted by molar-refractivity contribution is -0.457. The molecule has 0 radical (unpaired) electrons. The first-order valence-corrected chi connectivity index (χ1v) is 9.25. The quantitative estimate of drug-likeness (QED) is 0.728. The van der Waals surface area contributed by atoms with Gasteiger partial charge < -0.3 is 9.64 Å². The van der Waals surface area contributed by atoms with Crippen LogP contribution in [0.15, 0.2) is 24.3 Å². The fourth-order valence-electron chi connectivity index (χ4n) is 3.56. The van der Waals surface area contributed by atoms with E-state index in [4.69, 9.17) is 10.00 Å². The molecule has 1 aromatic carbocycles. The third-order valence-corrected chi connectivity index (χ3v) is 4.98. The van der Waals surface area contributed by atoms with Crippen LogP contribution in [0.2, 0.25) is 0 Å². The normalized spacial score (nSPS) is 26.0. The summed E-state index contributed by atoms with van der Waals surface area (Å²) in [5, 5.41) is 8.79. The second-order valence-electron chi connectivity index (χ2n) is 7.54. The smallest absolute Gasteiger partial charge is 0.410 e. The highest BCUT2D eigenvalue weighted by Crippen LogP contribution is 2.30. The zero-order chi connectivity index (χ0) is 20.3. The molecule has 0 aromatic heterocycles. The van der Waals surface area contributed by atoms with Crippen molar-refractivity contribution in [1.29, 1.82) is 5.26 Å². The maximum Gasteiger partial charge on any atom is 0.415 e. The Hall–Kier alpha value is -2.82. The van der Waals surface area contributed by atoms with Crippen molar-refractivity contribution in [1.82, 2.24) is 4.90 Å². The topological polar surface area (TPSA) is 73.4 Å². The summed E-state index contributed by atoms with van der Waals surface area (Å²) in [6.07, 6.45) is 1.50. The minimum absolute atomic E-state index is 0.0596. The molecule has 1 aromatic rings. The molecule has 2 heterocycles. The summed E-state index contributed by atoms with van der Waals surface area (Å²) in [6, 6.07) is 7.78. The van der Waals surface area contributed by atoms with Crippen LogP contribution < -0.4 is 4.74 Å². The molecular formula is C20H22F2N3O3+. The van der Waals surface area contributed by atoms with Gasteiger partial charge in [-0.1, -0.05) is 6.92 Å². The molecule has 2 aliphatic rings. The number of alkyl halides is 2. The predicted octanol–water partition coefficient (Wildman–Crippen LogP) is 3.05. The summed E-state index contributed by atoms with van der Waals surface area (Å²) in [4.78, 5) is 25.5. The van der Waals surface area contributed by atoms with Gasteiger partial charge in [0.05, 0.1) is 30.5 Å². The van der Waals surface area contributed by atoms with Crippen LogP contribution in [-0.2, 0) is 4.79 Å². The molecule has 6 nitrogen and oxygen atoms in total. The lowest BCUT2D eigenvalue weighted by Gasteiger charge is -2.34. The molecule has 2 amide bonds. The van der Waals surface area contributed by atoms with Crippen LogP contribution in [0.3, 0.4) is 0 Å². The van der Waals surface area contributed by atoms with E-state index in [1.807, 2.05) is 13.0 Å². The maximum atomic E-state index is 14.2. The number of nitrogens with zero attached hydrogens (tertiary/aromatic N) is 3. The van der Waals surface area contributed by atoms with Gasteiger partial charge in [-0.05, 0) is 30.2 Å². The average molecular weight is 390 g/mol. The van der Waals surface area contributed by atoms with Crippen LogP contribution in [0.25, 0.3) is 0 Å². The molecule has 1 unspecified atom stereocenters. The number of likely N-dealkylation sites (tertiary alicyclic amines) is 1. The Morgan fingerprint density at radius 3 is 2.75 bits per heavy atom. The molecule has 2 saturated heterocycles. The van der Waals surface area contributed by atoms with E-state index >= 15 is 0 Å². The van der Waals surface area contributed by atoms with Crippen LogP contribution in [0.1, 0.15) is 31.7 Å². The van der Waals surface area contributed by atoms with Crippen LogP contribution in [0, 0.1) is 23.2 Å². The first-order valence-electron chi connectivity index (χ1n) is 9.25. The molecule has 0 N–H and O–H groups in total. The van der Waals surface area contributed by atoms with Gasteiger partial charge in [-0.25, -0.2) is 18.4 Å². The third-order valence-electron chi connectivity index (χ3n) is 4.98. The maximum absolute atomic E-state index is 14.2. The number of carbonyl (C=O) groups excluding carboxylic acids is 2. The summed E-state index contributed by atoms with van der Waals surface area (Å²) >= 11 is 0. The van der Waals surface area contributed by atoms with E-state index in [0.717, 1.165) is 11.3 Å². The zero-order valence-corrected chi connectivity index (χ0v) is 15.6. The SMILES string of the molecule is C[C@@H]1CC[N+](=CC2CN(C(=O)Oc3ccc(C#N)cc3)CC(F)(F)C2)C(=O)C1. The van der Waals surface area contributed by atoms with E-state index in [-0.39, 0.29) is 18.2 Å². The standard InChI is InChI=1S/C20H22F2N3O3/c1-14-6-7-24(18(26)8-14)11-16-9-20(21,22)13-25(12-16)19(27)28-17-4-2-15(10-23)3-5-17/h2-5,11,14,16H,6-9,12-13H2,1H3/q+1/t14-,16?/m1/s1. The van der Waals surface area contributed by atoms with Crippen molar-refractivity contribution in [3.05, 3.63) is 29.8 Å². The average Bonchev–Trinajstić information content (AvgIpc) is 2.63. The van der Waals surface area contributed by atoms with Crippen LogP contribution >= 0.6 is 0 Å². The first kappa shape index (κ1) is 19.9. The molecule has 0 saturated carbocycles. The molecule has 0 aliphatic carbocycles. The Morgan fingerprint density at radius 2 is 2.11 bits per heavy atom. The molecule has 8 heteroatoms. The number of ether oxygens (including phenoxy) is 1. The number of halogens is 2. The molecule has 148 valence electrons. The lowest BCUT2D eigenvalue weighted by atomic mass is 9.95. The zero-order valence-electron chi connectivity index (χ0n) is 15.6. The van der Waals surface area contributed by atoms with E-state index in [9.17, 15) is 18.4 Å². The third kappa shape index (κ3) is 4.91. The number of hydrogen-bond acceptors (Lipinski definition) is 4. The summed E-state index contributed by atoms with van der Waals surface area (Å²) in [5.41, 5.74) is 0.402. The fraction of sp³-hybridized carbons (Fsp3) is 0.500. The van der Waals surface area contributed by atoms with E-state index < -0.39 is 30.9 Å². The Morgan fingerprint density at radius 1 is 1.39 bits per heavy atom. The molecule has 28 heavy (non-hydrogen) atoms. The monoisotopic (exact) mass is 390 g/mol. The van der Waals surface area contributed by atoms with E-state index in [1.54, 1.807) is 6.21 Å². The van der Waals surface area contributed by atoms with Gasteiger partial charge in [0.2, 0.25) is 0 Å². The molecule has 2 aliphatic heterocycles. The van der Waals surface area contributed by atoms with Gasteiger partial charge in [-0.2, -0.15) is 9.84 Å². The number of benzene rings is 1. The highest BCUT2D eigenvalue weighted by molar-refractivity contribution is 5.75. The Bertz CT molecular complexity index is 830. The highest BCUT2D eigenvalue weighted by atomic mass is 19.3. The number of piperidine rings is 2. The minimum atomic E-state index is -3.06. The second kappa shape index (κ2) is 8.05. The van der Waals surface area contributed by atoms with Crippen molar-refractivity contribution in [2.45, 2.75) is 32.1 Å². The van der Waals surface area contributed by atoms with Gasteiger partial charge >= 0.3 is 12.0 Å². The number of rotatable bonds is 2.